The molecule has 6 heteroatoms. The van der Waals surface area contributed by atoms with Crippen LogP contribution in [0.4, 0.5) is 4.39 Å². The van der Waals surface area contributed by atoms with Crippen LogP contribution < -0.4 is 0 Å². The lowest BCUT2D eigenvalue weighted by Gasteiger charge is -2.09. The summed E-state index contributed by atoms with van der Waals surface area (Å²) in [5.41, 5.74) is 2.51. The molecule has 0 saturated carbocycles. The molecule has 0 fully saturated rings. The number of halogens is 1. The maximum absolute atomic E-state index is 13.0. The molecule has 0 N–H and O–H groups in total. The van der Waals surface area contributed by atoms with E-state index in [0.717, 1.165) is 16.5 Å². The second-order valence-electron chi connectivity index (χ2n) is 5.59. The number of rotatable bonds is 4. The summed E-state index contributed by atoms with van der Waals surface area (Å²) in [6.07, 6.45) is 1.47. The van der Waals surface area contributed by atoms with E-state index < -0.39 is 5.25 Å². The second-order valence-corrected chi connectivity index (χ2v) is 6.92. The molecule has 2 heterocycles. The molecule has 0 amide bonds. The largest absolute Gasteiger partial charge is 0.451 e. The monoisotopic (exact) mass is 352 g/mol. The highest BCUT2D eigenvalue weighted by atomic mass is 32.2. The molecule has 0 bridgehead atoms. The maximum Gasteiger partial charge on any atom is 0.186 e. The van der Waals surface area contributed by atoms with Gasteiger partial charge in [-0.25, -0.2) is 14.4 Å². The van der Waals surface area contributed by atoms with Crippen LogP contribution in [0.25, 0.3) is 22.1 Å². The van der Waals surface area contributed by atoms with Gasteiger partial charge in [-0.15, -0.1) is 0 Å². The zero-order valence-electron chi connectivity index (χ0n) is 13.3. The third-order valence-electron chi connectivity index (χ3n) is 3.91. The number of ketones is 1. The molecule has 2 aromatic heterocycles. The Morgan fingerprint density at radius 3 is 2.68 bits per heavy atom. The molecule has 0 radical (unpaired) electrons. The topological polar surface area (TPSA) is 56.0 Å². The predicted molar refractivity (Wildman–Crippen MR) is 95.4 cm³/mol. The Morgan fingerprint density at radius 2 is 1.88 bits per heavy atom. The van der Waals surface area contributed by atoms with Crippen molar-refractivity contribution in [2.24, 2.45) is 0 Å². The minimum atomic E-state index is -0.392. The molecule has 25 heavy (non-hydrogen) atoms. The molecule has 0 saturated heterocycles. The Balaban J connectivity index is 1.68. The first-order valence-corrected chi connectivity index (χ1v) is 8.60. The van der Waals surface area contributed by atoms with Gasteiger partial charge in [-0.2, -0.15) is 0 Å². The number of carbonyl (C=O) groups excluding carboxylic acids is 1. The van der Waals surface area contributed by atoms with Crippen LogP contribution in [-0.2, 0) is 0 Å². The summed E-state index contributed by atoms with van der Waals surface area (Å²) in [5, 5.41) is 1.14. The lowest BCUT2D eigenvalue weighted by atomic mass is 10.1. The van der Waals surface area contributed by atoms with E-state index in [4.69, 9.17) is 4.42 Å². The van der Waals surface area contributed by atoms with Crippen molar-refractivity contribution in [2.45, 2.75) is 17.2 Å². The van der Waals surface area contributed by atoms with E-state index in [0.29, 0.717) is 16.2 Å². The number of hydrogen-bond acceptors (Lipinski definition) is 5. The first-order valence-electron chi connectivity index (χ1n) is 7.72. The highest BCUT2D eigenvalue weighted by Gasteiger charge is 2.21. The minimum absolute atomic E-state index is 0.0899. The van der Waals surface area contributed by atoms with Crippen molar-refractivity contribution in [3.8, 4) is 0 Å². The van der Waals surface area contributed by atoms with Gasteiger partial charge in [-0.1, -0.05) is 23.9 Å². The third kappa shape index (κ3) is 2.89. The lowest BCUT2D eigenvalue weighted by molar-refractivity contribution is 0.0994. The van der Waals surface area contributed by atoms with Crippen LogP contribution >= 0.6 is 11.8 Å². The molecule has 4 nitrogen and oxygen atoms in total. The Hall–Kier alpha value is -2.73. The number of nitrogens with zero attached hydrogens (tertiary/aromatic N) is 2. The molecule has 2 aromatic carbocycles. The van der Waals surface area contributed by atoms with Crippen molar-refractivity contribution >= 4 is 39.6 Å². The molecule has 4 aromatic rings. The number of Topliss-reactive ketones (excluding diaryl/α,β-unsaturated/α-hetero) is 1. The molecule has 124 valence electrons. The first-order chi connectivity index (χ1) is 12.1. The van der Waals surface area contributed by atoms with Gasteiger partial charge >= 0.3 is 0 Å². The first kappa shape index (κ1) is 15.8. The van der Waals surface area contributed by atoms with Crippen molar-refractivity contribution in [3.63, 3.8) is 0 Å². The molecular formula is C19H13FN2O2S. The molecular weight excluding hydrogens is 339 g/mol. The van der Waals surface area contributed by atoms with Crippen molar-refractivity contribution in [2.75, 3.05) is 0 Å². The van der Waals surface area contributed by atoms with Crippen LogP contribution in [0.5, 0.6) is 0 Å². The molecule has 1 atom stereocenters. The van der Waals surface area contributed by atoms with Crippen LogP contribution in [0.2, 0.25) is 0 Å². The average Bonchev–Trinajstić information content (AvgIpc) is 3.01. The summed E-state index contributed by atoms with van der Waals surface area (Å²) in [5.74, 6) is -0.454. The van der Waals surface area contributed by atoms with Crippen LogP contribution in [-0.4, -0.2) is 21.0 Å². The fraction of sp³-hybridized carbons (Fsp3) is 0.105. The molecule has 0 aliphatic rings. The van der Waals surface area contributed by atoms with Gasteiger partial charge in [0.15, 0.2) is 11.4 Å². The van der Waals surface area contributed by atoms with E-state index in [1.165, 1.54) is 42.4 Å². The van der Waals surface area contributed by atoms with E-state index in [-0.39, 0.29) is 11.6 Å². The summed E-state index contributed by atoms with van der Waals surface area (Å²) >= 11 is 1.31. The van der Waals surface area contributed by atoms with Crippen LogP contribution in [0.3, 0.4) is 0 Å². The Morgan fingerprint density at radius 1 is 1.12 bits per heavy atom. The van der Waals surface area contributed by atoms with Gasteiger partial charge in [0, 0.05) is 10.9 Å². The molecule has 1 unspecified atom stereocenters. The van der Waals surface area contributed by atoms with Gasteiger partial charge < -0.3 is 4.42 Å². The standard InChI is InChI=1S/C19H13FN2O2S/c1-11(17(23)12-6-8-13(20)9-7-12)25-19-18-16(21-10-22-19)14-4-2-3-5-15(14)24-18/h2-11H,1H3. The van der Waals surface area contributed by atoms with Crippen LogP contribution in [0, 0.1) is 5.82 Å². The summed E-state index contributed by atoms with van der Waals surface area (Å²) in [6, 6.07) is 13.2. The van der Waals surface area contributed by atoms with Gasteiger partial charge in [0.25, 0.3) is 0 Å². The number of benzene rings is 2. The van der Waals surface area contributed by atoms with E-state index in [1.807, 2.05) is 24.3 Å². The van der Waals surface area contributed by atoms with E-state index in [9.17, 15) is 9.18 Å². The van der Waals surface area contributed by atoms with E-state index in [2.05, 4.69) is 9.97 Å². The summed E-state index contributed by atoms with van der Waals surface area (Å²) in [4.78, 5) is 21.1. The lowest BCUT2D eigenvalue weighted by Crippen LogP contribution is -2.13. The Kier molecular flexibility index (Phi) is 3.97. The van der Waals surface area contributed by atoms with Crippen LogP contribution in [0.15, 0.2) is 64.3 Å². The van der Waals surface area contributed by atoms with Gasteiger partial charge in [0.05, 0.1) is 5.25 Å². The molecule has 0 spiro atoms. The zero-order chi connectivity index (χ0) is 17.4. The number of fused-ring (bicyclic) bond motifs is 3. The number of carbonyl (C=O) groups is 1. The molecule has 0 aliphatic heterocycles. The summed E-state index contributed by atoms with van der Waals surface area (Å²) in [6.45, 7) is 1.80. The van der Waals surface area contributed by atoms with E-state index >= 15 is 0 Å². The third-order valence-corrected chi connectivity index (χ3v) is 4.99. The van der Waals surface area contributed by atoms with Gasteiger partial charge in [0.1, 0.15) is 28.3 Å². The fourth-order valence-electron chi connectivity index (χ4n) is 2.66. The van der Waals surface area contributed by atoms with Gasteiger partial charge in [-0.05, 0) is 43.3 Å². The normalized spacial score (nSPS) is 12.6. The summed E-state index contributed by atoms with van der Waals surface area (Å²) in [7, 11) is 0. The van der Waals surface area contributed by atoms with Crippen molar-refractivity contribution in [3.05, 3.63) is 66.2 Å². The number of para-hydroxylation sites is 1. The van der Waals surface area contributed by atoms with Crippen molar-refractivity contribution in [1.82, 2.24) is 9.97 Å². The molecule has 0 aliphatic carbocycles. The van der Waals surface area contributed by atoms with Gasteiger partial charge in [0.2, 0.25) is 0 Å². The SMILES string of the molecule is CC(Sc1ncnc2c1oc1ccccc12)C(=O)c1ccc(F)cc1. The number of furan rings is 1. The Labute approximate surface area is 147 Å². The highest BCUT2D eigenvalue weighted by molar-refractivity contribution is 8.00. The fourth-order valence-corrected chi connectivity index (χ4v) is 3.59. The summed E-state index contributed by atoms with van der Waals surface area (Å²) < 4.78 is 18.9. The smallest absolute Gasteiger partial charge is 0.186 e. The second kappa shape index (κ2) is 6.29. The minimum Gasteiger partial charge on any atom is -0.451 e. The maximum atomic E-state index is 13.0. The van der Waals surface area contributed by atoms with Crippen LogP contribution in [0.1, 0.15) is 17.3 Å². The van der Waals surface area contributed by atoms with E-state index in [1.54, 1.807) is 6.92 Å². The van der Waals surface area contributed by atoms with Crippen molar-refractivity contribution < 1.29 is 13.6 Å². The Bertz CT molecular complexity index is 1080. The predicted octanol–water partition coefficient (Wildman–Crippen LogP) is 4.88. The number of thioether (sulfide) groups is 1. The number of hydrogen-bond donors (Lipinski definition) is 0. The zero-order valence-corrected chi connectivity index (χ0v) is 14.1. The quantitative estimate of drug-likeness (QED) is 0.298. The molecule has 4 rings (SSSR count). The van der Waals surface area contributed by atoms with Crippen molar-refractivity contribution in [1.29, 1.82) is 0 Å². The average molecular weight is 352 g/mol. The van der Waals surface area contributed by atoms with Gasteiger partial charge in [-0.3, -0.25) is 4.79 Å². The number of aromatic nitrogens is 2. The highest BCUT2D eigenvalue weighted by Crippen LogP contribution is 2.34.